The van der Waals surface area contributed by atoms with E-state index in [1.165, 1.54) is 0 Å². The van der Waals surface area contributed by atoms with Gasteiger partial charge in [0.1, 0.15) is 5.82 Å². The molecule has 0 unspecified atom stereocenters. The number of nitrogens with zero attached hydrogens (tertiary/aromatic N) is 4. The van der Waals surface area contributed by atoms with Crippen LogP contribution in [0.15, 0.2) is 55.2 Å². The largest absolute Gasteiger partial charge is 0.361 e. The lowest BCUT2D eigenvalue weighted by atomic mass is 10.1. The number of fused-ring (bicyclic) bond motifs is 1. The van der Waals surface area contributed by atoms with Gasteiger partial charge in [0.15, 0.2) is 0 Å². The van der Waals surface area contributed by atoms with Gasteiger partial charge in [-0.3, -0.25) is 9.36 Å². The Morgan fingerprint density at radius 2 is 2.00 bits per heavy atom. The van der Waals surface area contributed by atoms with Gasteiger partial charge in [0.25, 0.3) is 0 Å². The molecule has 1 aromatic carbocycles. The fraction of sp³-hybridized carbons (Fsp3) is 0.111. The molecule has 0 atom stereocenters. The summed E-state index contributed by atoms with van der Waals surface area (Å²) in [4.78, 5) is 28.2. The highest BCUT2D eigenvalue weighted by atomic mass is 16.1. The normalized spacial score (nSPS) is 10.9. The van der Waals surface area contributed by atoms with Crippen LogP contribution in [-0.2, 0) is 11.2 Å². The molecule has 124 valence electrons. The van der Waals surface area contributed by atoms with Crippen LogP contribution >= 0.6 is 0 Å². The molecule has 0 radical (unpaired) electrons. The molecule has 0 saturated heterocycles. The standard InChI is InChI=1S/C18H16N6O/c1-12-19-6-7-24(12)18-21-10-14(11-22-18)23-17(25)8-13-9-20-16-5-3-2-4-15(13)16/h2-7,9-11,20H,8H2,1H3,(H,23,25). The second-order valence-electron chi connectivity index (χ2n) is 5.70. The molecule has 25 heavy (non-hydrogen) atoms. The number of aromatic amines is 1. The lowest BCUT2D eigenvalue weighted by molar-refractivity contribution is -0.115. The monoisotopic (exact) mass is 332 g/mol. The highest BCUT2D eigenvalue weighted by molar-refractivity contribution is 5.95. The minimum Gasteiger partial charge on any atom is -0.361 e. The Morgan fingerprint density at radius 3 is 2.76 bits per heavy atom. The van der Waals surface area contributed by atoms with Crippen LogP contribution < -0.4 is 5.32 Å². The molecular weight excluding hydrogens is 316 g/mol. The van der Waals surface area contributed by atoms with Crippen LogP contribution in [0.2, 0.25) is 0 Å². The Hall–Kier alpha value is -3.48. The fourth-order valence-corrected chi connectivity index (χ4v) is 2.76. The third kappa shape index (κ3) is 2.99. The van der Waals surface area contributed by atoms with Crippen LogP contribution in [0.4, 0.5) is 5.69 Å². The Kier molecular flexibility index (Phi) is 3.74. The van der Waals surface area contributed by atoms with Crippen molar-refractivity contribution in [2.75, 3.05) is 5.32 Å². The van der Waals surface area contributed by atoms with Gasteiger partial charge in [-0.1, -0.05) is 18.2 Å². The number of benzene rings is 1. The molecular formula is C18H16N6O. The van der Waals surface area contributed by atoms with Crippen LogP contribution in [-0.4, -0.2) is 30.4 Å². The summed E-state index contributed by atoms with van der Waals surface area (Å²) in [5, 5.41) is 3.88. The highest BCUT2D eigenvalue weighted by Gasteiger charge is 2.10. The zero-order valence-corrected chi connectivity index (χ0v) is 13.6. The van der Waals surface area contributed by atoms with Gasteiger partial charge < -0.3 is 10.3 Å². The van der Waals surface area contributed by atoms with E-state index >= 15 is 0 Å². The number of aryl methyl sites for hydroxylation is 1. The van der Waals surface area contributed by atoms with Crippen molar-refractivity contribution in [2.45, 2.75) is 13.3 Å². The molecule has 0 aliphatic rings. The summed E-state index contributed by atoms with van der Waals surface area (Å²) in [6.45, 7) is 1.88. The van der Waals surface area contributed by atoms with Gasteiger partial charge in [0.05, 0.1) is 24.5 Å². The number of rotatable bonds is 4. The van der Waals surface area contributed by atoms with Crippen LogP contribution in [0.25, 0.3) is 16.9 Å². The summed E-state index contributed by atoms with van der Waals surface area (Å²) in [7, 11) is 0. The Balaban J connectivity index is 1.47. The van der Waals surface area contributed by atoms with Gasteiger partial charge in [0, 0.05) is 29.5 Å². The molecule has 3 aromatic heterocycles. The van der Waals surface area contributed by atoms with E-state index in [4.69, 9.17) is 0 Å². The predicted molar refractivity (Wildman–Crippen MR) is 94.5 cm³/mol. The Bertz CT molecular complexity index is 1030. The third-order valence-electron chi connectivity index (χ3n) is 3.99. The first-order valence-corrected chi connectivity index (χ1v) is 7.88. The maximum Gasteiger partial charge on any atom is 0.235 e. The molecule has 0 aliphatic carbocycles. The van der Waals surface area contributed by atoms with E-state index in [1.54, 1.807) is 29.4 Å². The number of hydrogen-bond acceptors (Lipinski definition) is 4. The number of imidazole rings is 1. The SMILES string of the molecule is Cc1nccn1-c1ncc(NC(=O)Cc2c[nH]c3ccccc23)cn1. The molecule has 2 N–H and O–H groups in total. The molecule has 4 rings (SSSR count). The smallest absolute Gasteiger partial charge is 0.235 e. The van der Waals surface area contributed by atoms with E-state index in [1.807, 2.05) is 37.4 Å². The summed E-state index contributed by atoms with van der Waals surface area (Å²) in [5.74, 6) is 1.21. The maximum atomic E-state index is 12.3. The minimum absolute atomic E-state index is 0.111. The summed E-state index contributed by atoms with van der Waals surface area (Å²) in [6, 6.07) is 7.91. The molecule has 0 aliphatic heterocycles. The zero-order chi connectivity index (χ0) is 17.2. The summed E-state index contributed by atoms with van der Waals surface area (Å²) >= 11 is 0. The minimum atomic E-state index is -0.111. The Labute approximate surface area is 143 Å². The molecule has 0 fully saturated rings. The van der Waals surface area contributed by atoms with Crippen molar-refractivity contribution in [3.8, 4) is 5.95 Å². The molecule has 0 spiro atoms. The number of H-pyrrole nitrogens is 1. The first kappa shape index (κ1) is 15.1. The number of amides is 1. The third-order valence-corrected chi connectivity index (χ3v) is 3.99. The van der Waals surface area contributed by atoms with Gasteiger partial charge in [0.2, 0.25) is 11.9 Å². The van der Waals surface area contributed by atoms with Crippen molar-refractivity contribution < 1.29 is 4.79 Å². The molecule has 3 heterocycles. The Morgan fingerprint density at radius 1 is 1.20 bits per heavy atom. The van der Waals surface area contributed by atoms with Gasteiger partial charge in [-0.25, -0.2) is 15.0 Å². The predicted octanol–water partition coefficient (Wildman–Crippen LogP) is 2.63. The van der Waals surface area contributed by atoms with E-state index in [9.17, 15) is 4.79 Å². The van der Waals surface area contributed by atoms with E-state index in [0.717, 1.165) is 22.3 Å². The van der Waals surface area contributed by atoms with Gasteiger partial charge in [-0.2, -0.15) is 0 Å². The van der Waals surface area contributed by atoms with E-state index in [0.29, 0.717) is 11.6 Å². The number of carbonyl (C=O) groups is 1. The molecule has 7 heteroatoms. The molecule has 0 bridgehead atoms. The summed E-state index contributed by atoms with van der Waals surface area (Å²) < 4.78 is 1.78. The van der Waals surface area contributed by atoms with E-state index < -0.39 is 0 Å². The second-order valence-corrected chi connectivity index (χ2v) is 5.70. The molecule has 1 amide bonds. The van der Waals surface area contributed by atoms with E-state index in [2.05, 4.69) is 25.3 Å². The number of hydrogen-bond donors (Lipinski definition) is 2. The van der Waals surface area contributed by atoms with Gasteiger partial charge in [-0.05, 0) is 18.6 Å². The quantitative estimate of drug-likeness (QED) is 0.601. The highest BCUT2D eigenvalue weighted by Crippen LogP contribution is 2.18. The van der Waals surface area contributed by atoms with Crippen LogP contribution in [0.3, 0.4) is 0 Å². The number of aromatic nitrogens is 5. The van der Waals surface area contributed by atoms with Crippen molar-refractivity contribution in [3.63, 3.8) is 0 Å². The number of carbonyl (C=O) groups excluding carboxylic acids is 1. The molecule has 0 saturated carbocycles. The molecule has 7 nitrogen and oxygen atoms in total. The fourth-order valence-electron chi connectivity index (χ4n) is 2.76. The number of nitrogens with one attached hydrogen (secondary N) is 2. The second kappa shape index (κ2) is 6.20. The average molecular weight is 332 g/mol. The van der Waals surface area contributed by atoms with Gasteiger partial charge >= 0.3 is 0 Å². The van der Waals surface area contributed by atoms with E-state index in [-0.39, 0.29) is 12.3 Å². The van der Waals surface area contributed by atoms with Crippen molar-refractivity contribution in [3.05, 3.63) is 66.6 Å². The lowest BCUT2D eigenvalue weighted by Crippen LogP contribution is -2.15. The van der Waals surface area contributed by atoms with Crippen molar-refractivity contribution in [1.82, 2.24) is 24.5 Å². The van der Waals surface area contributed by atoms with Gasteiger partial charge in [-0.15, -0.1) is 0 Å². The lowest BCUT2D eigenvalue weighted by Gasteiger charge is -2.06. The first-order chi connectivity index (χ1) is 12.2. The maximum absolute atomic E-state index is 12.3. The number of anilines is 1. The zero-order valence-electron chi connectivity index (χ0n) is 13.6. The van der Waals surface area contributed by atoms with Crippen LogP contribution in [0.5, 0.6) is 0 Å². The van der Waals surface area contributed by atoms with Crippen molar-refractivity contribution in [1.29, 1.82) is 0 Å². The summed E-state index contributed by atoms with van der Waals surface area (Å²) in [5.41, 5.74) is 2.54. The van der Waals surface area contributed by atoms with Crippen molar-refractivity contribution >= 4 is 22.5 Å². The first-order valence-electron chi connectivity index (χ1n) is 7.88. The number of para-hydroxylation sites is 1. The van der Waals surface area contributed by atoms with Crippen LogP contribution in [0, 0.1) is 6.92 Å². The van der Waals surface area contributed by atoms with Crippen LogP contribution in [0.1, 0.15) is 11.4 Å². The molecule has 4 aromatic rings. The average Bonchev–Trinajstić information content (AvgIpc) is 3.22. The van der Waals surface area contributed by atoms with Crippen molar-refractivity contribution in [2.24, 2.45) is 0 Å². The summed E-state index contributed by atoms with van der Waals surface area (Å²) in [6.07, 6.45) is 8.82. The topological polar surface area (TPSA) is 88.5 Å².